The summed E-state index contributed by atoms with van der Waals surface area (Å²) in [7, 11) is -3.23. The Bertz CT molecular complexity index is 617. The van der Waals surface area contributed by atoms with Gasteiger partial charge in [-0.1, -0.05) is 18.2 Å². The van der Waals surface area contributed by atoms with Crippen molar-refractivity contribution in [2.45, 2.75) is 19.1 Å². The Kier molecular flexibility index (Phi) is 5.14. The van der Waals surface area contributed by atoms with E-state index >= 15 is 0 Å². The second-order valence-electron chi connectivity index (χ2n) is 5.67. The lowest BCUT2D eigenvalue weighted by Gasteiger charge is -2.19. The molecule has 1 atom stereocenters. The molecule has 0 amide bonds. The Morgan fingerprint density at radius 2 is 2.00 bits per heavy atom. The lowest BCUT2D eigenvalue weighted by molar-refractivity contribution is -0.138. The average molecular weight is 336 g/mol. The fourth-order valence-electron chi connectivity index (χ4n) is 2.67. The Hall–Kier alpha value is -1.12. The minimum atomic E-state index is -4.35. The van der Waals surface area contributed by atoms with Crippen LogP contribution >= 0.6 is 0 Å². The van der Waals surface area contributed by atoms with Gasteiger partial charge < -0.3 is 0 Å². The predicted octanol–water partition coefficient (Wildman–Crippen LogP) is 2.08. The van der Waals surface area contributed by atoms with E-state index in [1.54, 1.807) is 6.07 Å². The first-order valence-corrected chi connectivity index (χ1v) is 8.86. The first-order valence-electron chi connectivity index (χ1n) is 6.97. The molecule has 0 spiro atoms. The Balaban J connectivity index is 1.96. The fourth-order valence-corrected chi connectivity index (χ4v) is 3.21. The fraction of sp³-hybridized carbons (Fsp3) is 0.571. The van der Waals surface area contributed by atoms with Gasteiger partial charge in [-0.25, -0.2) is 13.1 Å². The third-order valence-electron chi connectivity index (χ3n) is 3.72. The Morgan fingerprint density at radius 1 is 1.32 bits per heavy atom. The summed E-state index contributed by atoms with van der Waals surface area (Å²) in [5.74, 6) is 0.132. The molecule has 0 unspecified atom stereocenters. The predicted molar refractivity (Wildman–Crippen MR) is 77.7 cm³/mol. The molecule has 1 fully saturated rings. The molecule has 0 aromatic heterocycles. The molecule has 0 bridgehead atoms. The van der Waals surface area contributed by atoms with Crippen molar-refractivity contribution in [3.05, 3.63) is 35.4 Å². The number of alkyl halides is 3. The van der Waals surface area contributed by atoms with Gasteiger partial charge in [0.15, 0.2) is 0 Å². The van der Waals surface area contributed by atoms with Crippen LogP contribution in [0.15, 0.2) is 24.3 Å². The van der Waals surface area contributed by atoms with Gasteiger partial charge in [-0.2, -0.15) is 13.2 Å². The number of hydrogen-bond acceptors (Lipinski definition) is 3. The molecule has 1 aromatic carbocycles. The summed E-state index contributed by atoms with van der Waals surface area (Å²) in [5, 5.41) is 0. The van der Waals surface area contributed by atoms with Crippen molar-refractivity contribution in [3.63, 3.8) is 0 Å². The third-order valence-corrected chi connectivity index (χ3v) is 4.41. The molecule has 22 heavy (non-hydrogen) atoms. The van der Waals surface area contributed by atoms with Gasteiger partial charge in [-0.05, 0) is 30.5 Å². The number of nitrogens with one attached hydrogen (secondary N) is 1. The van der Waals surface area contributed by atoms with Gasteiger partial charge >= 0.3 is 6.18 Å². The normalized spacial score (nSPS) is 20.5. The molecule has 1 aliphatic rings. The molecule has 1 aromatic rings. The lowest BCUT2D eigenvalue weighted by Crippen LogP contribution is -2.30. The van der Waals surface area contributed by atoms with Gasteiger partial charge in [-0.15, -0.1) is 0 Å². The molecule has 1 heterocycles. The maximum Gasteiger partial charge on any atom is 0.416 e. The van der Waals surface area contributed by atoms with E-state index in [2.05, 4.69) is 4.72 Å². The molecule has 0 radical (unpaired) electrons. The molecule has 1 aliphatic heterocycles. The molecule has 1 N–H and O–H groups in total. The quantitative estimate of drug-likeness (QED) is 0.896. The molecule has 2 rings (SSSR count). The largest absolute Gasteiger partial charge is 0.416 e. The summed E-state index contributed by atoms with van der Waals surface area (Å²) in [6.45, 7) is 1.82. The van der Waals surface area contributed by atoms with Gasteiger partial charge in [0.1, 0.15) is 0 Å². The van der Waals surface area contributed by atoms with Crippen LogP contribution in [-0.2, 0) is 22.7 Å². The summed E-state index contributed by atoms with van der Waals surface area (Å²) in [4.78, 5) is 1.93. The van der Waals surface area contributed by atoms with E-state index in [1.165, 1.54) is 12.1 Å². The SMILES string of the molecule is CS(=O)(=O)NC[C@H]1CCN(Cc2ccccc2C(F)(F)F)C1. The summed E-state index contributed by atoms with van der Waals surface area (Å²) >= 11 is 0. The highest BCUT2D eigenvalue weighted by Crippen LogP contribution is 2.33. The van der Waals surface area contributed by atoms with Gasteiger partial charge in [0.2, 0.25) is 10.0 Å². The minimum absolute atomic E-state index is 0.132. The number of hydrogen-bond donors (Lipinski definition) is 1. The number of rotatable bonds is 5. The number of likely N-dealkylation sites (tertiary alicyclic amines) is 1. The molecule has 1 saturated heterocycles. The van der Waals surface area contributed by atoms with Gasteiger partial charge in [0.25, 0.3) is 0 Å². The maximum absolute atomic E-state index is 13.0. The van der Waals surface area contributed by atoms with Crippen LogP contribution in [0.2, 0.25) is 0 Å². The highest BCUT2D eigenvalue weighted by molar-refractivity contribution is 7.88. The number of nitrogens with zero attached hydrogens (tertiary/aromatic N) is 1. The van der Waals surface area contributed by atoms with Crippen molar-refractivity contribution >= 4 is 10.0 Å². The van der Waals surface area contributed by atoms with Crippen molar-refractivity contribution < 1.29 is 21.6 Å². The van der Waals surface area contributed by atoms with E-state index in [0.29, 0.717) is 19.6 Å². The molecule has 0 aliphatic carbocycles. The van der Waals surface area contributed by atoms with E-state index in [1.807, 2.05) is 4.90 Å². The van der Waals surface area contributed by atoms with Crippen LogP contribution < -0.4 is 4.72 Å². The minimum Gasteiger partial charge on any atom is -0.299 e. The molecule has 124 valence electrons. The number of halogens is 3. The molecular weight excluding hydrogens is 317 g/mol. The van der Waals surface area contributed by atoms with E-state index in [0.717, 1.165) is 18.7 Å². The number of benzene rings is 1. The second kappa shape index (κ2) is 6.55. The van der Waals surface area contributed by atoms with Crippen LogP contribution in [0.4, 0.5) is 13.2 Å². The standard InChI is InChI=1S/C14H19F3N2O2S/c1-22(20,21)18-8-11-6-7-19(9-11)10-12-4-2-3-5-13(12)14(15,16)17/h2-5,11,18H,6-10H2,1H3/t11-/m1/s1. The third kappa shape index (κ3) is 4.96. The first kappa shape index (κ1) is 17.2. The summed E-state index contributed by atoms with van der Waals surface area (Å²) in [6.07, 6.45) is -2.48. The number of sulfonamides is 1. The van der Waals surface area contributed by atoms with Crippen LogP contribution in [0, 0.1) is 5.92 Å². The molecule has 8 heteroatoms. The zero-order valence-electron chi connectivity index (χ0n) is 12.2. The van der Waals surface area contributed by atoms with Gasteiger partial charge in [0, 0.05) is 19.6 Å². The summed E-state index contributed by atoms with van der Waals surface area (Å²) in [5.41, 5.74) is -0.348. The maximum atomic E-state index is 13.0. The highest BCUT2D eigenvalue weighted by Gasteiger charge is 2.34. The van der Waals surface area contributed by atoms with Gasteiger partial charge in [0.05, 0.1) is 11.8 Å². The van der Waals surface area contributed by atoms with Gasteiger partial charge in [-0.3, -0.25) is 4.90 Å². The van der Waals surface area contributed by atoms with Crippen molar-refractivity contribution in [1.82, 2.24) is 9.62 Å². The molecular formula is C14H19F3N2O2S. The highest BCUT2D eigenvalue weighted by atomic mass is 32.2. The van der Waals surface area contributed by atoms with Crippen LogP contribution in [0.1, 0.15) is 17.5 Å². The van der Waals surface area contributed by atoms with Crippen molar-refractivity contribution in [2.75, 3.05) is 25.9 Å². The van der Waals surface area contributed by atoms with Crippen LogP contribution in [-0.4, -0.2) is 39.2 Å². The second-order valence-corrected chi connectivity index (χ2v) is 7.50. The van der Waals surface area contributed by atoms with E-state index < -0.39 is 21.8 Å². The first-order chi connectivity index (χ1) is 10.1. The van der Waals surface area contributed by atoms with Crippen molar-refractivity contribution in [3.8, 4) is 0 Å². The summed E-state index contributed by atoms with van der Waals surface area (Å²) in [6, 6.07) is 5.57. The van der Waals surface area contributed by atoms with Crippen LogP contribution in [0.25, 0.3) is 0 Å². The van der Waals surface area contributed by atoms with Crippen LogP contribution in [0.5, 0.6) is 0 Å². The van der Waals surface area contributed by atoms with E-state index in [9.17, 15) is 21.6 Å². The lowest BCUT2D eigenvalue weighted by atomic mass is 10.1. The average Bonchev–Trinajstić information content (AvgIpc) is 2.83. The smallest absolute Gasteiger partial charge is 0.299 e. The van der Waals surface area contributed by atoms with E-state index in [4.69, 9.17) is 0 Å². The topological polar surface area (TPSA) is 49.4 Å². The zero-order valence-corrected chi connectivity index (χ0v) is 13.0. The van der Waals surface area contributed by atoms with Crippen molar-refractivity contribution in [1.29, 1.82) is 0 Å². The van der Waals surface area contributed by atoms with Crippen LogP contribution in [0.3, 0.4) is 0 Å². The Labute approximate surface area is 128 Å². The zero-order chi connectivity index (χ0) is 16.4. The van der Waals surface area contributed by atoms with E-state index in [-0.39, 0.29) is 18.0 Å². The molecule has 4 nitrogen and oxygen atoms in total. The van der Waals surface area contributed by atoms with Crippen molar-refractivity contribution in [2.24, 2.45) is 5.92 Å². The Morgan fingerprint density at radius 3 is 2.64 bits per heavy atom. The monoisotopic (exact) mass is 336 g/mol. The molecule has 0 saturated carbocycles. The summed E-state index contributed by atoms with van der Waals surface area (Å²) < 4.78 is 63.4.